The maximum absolute atomic E-state index is 13.8. The first-order valence-corrected chi connectivity index (χ1v) is 7.23. The van der Waals surface area contributed by atoms with Gasteiger partial charge in [0.1, 0.15) is 23.3 Å². The number of benzene rings is 2. The molecule has 1 N–H and O–H groups in total. The van der Waals surface area contributed by atoms with E-state index in [0.29, 0.717) is 0 Å². The van der Waals surface area contributed by atoms with E-state index < -0.39 is 23.2 Å². The van der Waals surface area contributed by atoms with Gasteiger partial charge in [-0.1, -0.05) is 25.5 Å². The van der Waals surface area contributed by atoms with Crippen LogP contribution in [0.3, 0.4) is 0 Å². The van der Waals surface area contributed by atoms with E-state index in [0.717, 1.165) is 37.0 Å². The minimum Gasteiger partial charge on any atom is -0.478 e. The highest BCUT2D eigenvalue weighted by Crippen LogP contribution is 2.29. The number of carboxylic acids is 1. The molecule has 0 atom stereocenters. The van der Waals surface area contributed by atoms with E-state index in [2.05, 4.69) is 0 Å². The molecule has 2 aromatic carbocycles. The van der Waals surface area contributed by atoms with Gasteiger partial charge in [-0.3, -0.25) is 0 Å². The highest BCUT2D eigenvalue weighted by molar-refractivity contribution is 5.96. The molecule has 0 amide bonds. The van der Waals surface area contributed by atoms with Crippen LogP contribution in [0.15, 0.2) is 30.3 Å². The summed E-state index contributed by atoms with van der Waals surface area (Å²) in [5.74, 6) is -3.18. The third kappa shape index (κ3) is 3.54. The molecule has 0 unspecified atom stereocenters. The van der Waals surface area contributed by atoms with Crippen molar-refractivity contribution < 1.29 is 18.7 Å². The second-order valence-electron chi connectivity index (χ2n) is 5.22. The zero-order valence-corrected chi connectivity index (χ0v) is 12.6. The Bertz CT molecular complexity index is 771. The zero-order chi connectivity index (χ0) is 17.0. The highest BCUT2D eigenvalue weighted by Gasteiger charge is 2.17. The van der Waals surface area contributed by atoms with Crippen molar-refractivity contribution in [2.45, 2.75) is 26.2 Å². The van der Waals surface area contributed by atoms with E-state index in [9.17, 15) is 18.7 Å². The van der Waals surface area contributed by atoms with Gasteiger partial charge in [0.2, 0.25) is 0 Å². The molecule has 0 saturated carbocycles. The Balaban J connectivity index is 2.60. The fourth-order valence-corrected chi connectivity index (χ4v) is 2.39. The van der Waals surface area contributed by atoms with Crippen LogP contribution in [0.2, 0.25) is 0 Å². The summed E-state index contributed by atoms with van der Waals surface area (Å²) in [5.41, 5.74) is 0.543. The molecule has 2 rings (SSSR count). The average Bonchev–Trinajstić information content (AvgIpc) is 2.52. The van der Waals surface area contributed by atoms with E-state index >= 15 is 0 Å². The van der Waals surface area contributed by atoms with Gasteiger partial charge in [0.05, 0.1) is 5.56 Å². The fraction of sp³-hybridized carbons (Fsp3) is 0.222. The van der Waals surface area contributed by atoms with Gasteiger partial charge in [-0.05, 0) is 47.7 Å². The van der Waals surface area contributed by atoms with Crippen molar-refractivity contribution in [3.05, 3.63) is 58.7 Å². The van der Waals surface area contributed by atoms with Crippen LogP contribution >= 0.6 is 0 Å². The number of carbonyl (C=O) groups is 1. The largest absolute Gasteiger partial charge is 0.478 e. The van der Waals surface area contributed by atoms with Crippen molar-refractivity contribution in [1.29, 1.82) is 5.26 Å². The molecule has 23 heavy (non-hydrogen) atoms. The molecule has 0 heterocycles. The molecule has 0 aromatic heterocycles. The van der Waals surface area contributed by atoms with Crippen LogP contribution in [0.4, 0.5) is 8.78 Å². The Morgan fingerprint density at radius 1 is 1.22 bits per heavy atom. The summed E-state index contributed by atoms with van der Waals surface area (Å²) in [7, 11) is 0. The van der Waals surface area contributed by atoms with E-state index in [1.54, 1.807) is 12.1 Å². The summed E-state index contributed by atoms with van der Waals surface area (Å²) in [6.45, 7) is 2.04. The molecule has 0 fully saturated rings. The Kier molecular flexibility index (Phi) is 5.07. The smallest absolute Gasteiger partial charge is 0.336 e. The lowest BCUT2D eigenvalue weighted by molar-refractivity contribution is 0.0697. The molecule has 3 nitrogen and oxygen atoms in total. The minimum absolute atomic E-state index is 0.0336. The molecule has 0 aliphatic heterocycles. The molecule has 0 aliphatic carbocycles. The summed E-state index contributed by atoms with van der Waals surface area (Å²) >= 11 is 0. The van der Waals surface area contributed by atoms with E-state index in [-0.39, 0.29) is 16.7 Å². The molecular weight excluding hydrogens is 300 g/mol. The van der Waals surface area contributed by atoms with Crippen LogP contribution in [-0.2, 0) is 6.42 Å². The van der Waals surface area contributed by atoms with Gasteiger partial charge in [-0.2, -0.15) is 5.26 Å². The number of aryl methyl sites for hydroxylation is 1. The zero-order valence-electron chi connectivity index (χ0n) is 12.6. The fourth-order valence-electron chi connectivity index (χ4n) is 2.39. The van der Waals surface area contributed by atoms with Gasteiger partial charge in [-0.15, -0.1) is 0 Å². The van der Waals surface area contributed by atoms with Crippen molar-refractivity contribution in [2.75, 3.05) is 0 Å². The second-order valence-corrected chi connectivity index (χ2v) is 5.22. The third-order valence-corrected chi connectivity index (χ3v) is 3.60. The molecular formula is C18H15F2NO2. The molecule has 2 aromatic rings. The number of nitriles is 1. The summed E-state index contributed by atoms with van der Waals surface area (Å²) < 4.78 is 27.6. The highest BCUT2D eigenvalue weighted by atomic mass is 19.1. The Hall–Kier alpha value is -2.74. The number of rotatable bonds is 5. The maximum Gasteiger partial charge on any atom is 0.336 e. The van der Waals surface area contributed by atoms with Gasteiger partial charge in [0.25, 0.3) is 0 Å². The minimum atomic E-state index is -1.17. The van der Waals surface area contributed by atoms with Gasteiger partial charge < -0.3 is 5.11 Å². The summed E-state index contributed by atoms with van der Waals surface area (Å²) in [6.07, 6.45) is 2.67. The Labute approximate surface area is 132 Å². The Morgan fingerprint density at radius 2 is 1.87 bits per heavy atom. The summed E-state index contributed by atoms with van der Waals surface area (Å²) in [6, 6.07) is 8.23. The first-order valence-electron chi connectivity index (χ1n) is 7.23. The molecule has 0 bridgehead atoms. The molecule has 0 aliphatic rings. The Morgan fingerprint density at radius 3 is 2.39 bits per heavy atom. The normalized spacial score (nSPS) is 10.3. The maximum atomic E-state index is 13.8. The number of nitrogens with zero attached hydrogens (tertiary/aromatic N) is 1. The van der Waals surface area contributed by atoms with Crippen molar-refractivity contribution in [3.63, 3.8) is 0 Å². The second kappa shape index (κ2) is 7.01. The topological polar surface area (TPSA) is 61.1 Å². The molecule has 118 valence electrons. The lowest BCUT2D eigenvalue weighted by Crippen LogP contribution is -2.02. The van der Waals surface area contributed by atoms with Crippen molar-refractivity contribution in [2.24, 2.45) is 0 Å². The van der Waals surface area contributed by atoms with E-state index in [1.807, 2.05) is 6.92 Å². The van der Waals surface area contributed by atoms with Gasteiger partial charge in [0.15, 0.2) is 0 Å². The van der Waals surface area contributed by atoms with Crippen LogP contribution in [0, 0.1) is 23.0 Å². The predicted octanol–water partition coefficient (Wildman–Crippen LogP) is 4.54. The van der Waals surface area contributed by atoms with E-state index in [4.69, 9.17) is 5.26 Å². The summed E-state index contributed by atoms with van der Waals surface area (Å²) in [4.78, 5) is 11.4. The number of unbranched alkanes of at least 4 members (excludes halogenated alkanes) is 1. The third-order valence-electron chi connectivity index (χ3n) is 3.60. The lowest BCUT2D eigenvalue weighted by Gasteiger charge is -2.10. The average molecular weight is 315 g/mol. The molecule has 0 radical (unpaired) electrons. The van der Waals surface area contributed by atoms with Crippen LogP contribution in [-0.4, -0.2) is 11.1 Å². The van der Waals surface area contributed by atoms with Crippen LogP contribution < -0.4 is 0 Å². The quantitative estimate of drug-likeness (QED) is 0.881. The van der Waals surface area contributed by atoms with Crippen LogP contribution in [0.1, 0.15) is 41.3 Å². The lowest BCUT2D eigenvalue weighted by atomic mass is 9.94. The van der Waals surface area contributed by atoms with Crippen LogP contribution in [0.5, 0.6) is 0 Å². The van der Waals surface area contributed by atoms with Crippen molar-refractivity contribution >= 4 is 5.97 Å². The van der Waals surface area contributed by atoms with Crippen LogP contribution in [0.25, 0.3) is 11.1 Å². The number of hydrogen-bond acceptors (Lipinski definition) is 2. The number of halogens is 2. The number of hydrogen-bond donors (Lipinski definition) is 1. The number of carboxylic acid groups (broad SMARTS) is 1. The van der Waals surface area contributed by atoms with E-state index in [1.165, 1.54) is 12.1 Å². The molecule has 0 spiro atoms. The first-order chi connectivity index (χ1) is 11.0. The van der Waals surface area contributed by atoms with Crippen molar-refractivity contribution in [1.82, 2.24) is 0 Å². The monoisotopic (exact) mass is 315 g/mol. The number of aromatic carboxylic acids is 1. The predicted molar refractivity (Wildman–Crippen MR) is 82.1 cm³/mol. The van der Waals surface area contributed by atoms with Crippen molar-refractivity contribution in [3.8, 4) is 17.2 Å². The first kappa shape index (κ1) is 16.6. The van der Waals surface area contributed by atoms with Gasteiger partial charge in [0, 0.05) is 0 Å². The summed E-state index contributed by atoms with van der Waals surface area (Å²) in [5, 5.41) is 18.0. The van der Waals surface area contributed by atoms with Gasteiger partial charge in [-0.25, -0.2) is 13.6 Å². The van der Waals surface area contributed by atoms with Gasteiger partial charge >= 0.3 is 5.97 Å². The standard InChI is InChI=1S/C18H15F2NO2/c1-2-3-4-11-5-6-13(18(22)23)14(7-11)12-8-16(19)15(10-21)17(20)9-12/h5-9H,2-4H2,1H3,(H,22,23). The molecule has 0 saturated heterocycles. The molecule has 5 heteroatoms. The SMILES string of the molecule is CCCCc1ccc(C(=O)O)c(-c2cc(F)c(C#N)c(F)c2)c1.